The molecule has 1 fully saturated rings. The highest BCUT2D eigenvalue weighted by Crippen LogP contribution is 2.57. The monoisotopic (exact) mass is 444 g/mol. The number of hydrogen-bond donors (Lipinski definition) is 1. The second-order valence-electron chi connectivity index (χ2n) is 7.25. The number of aryl methyl sites for hydroxylation is 1. The molecule has 1 aromatic carbocycles. The maximum absolute atomic E-state index is 14.4. The van der Waals surface area contributed by atoms with Crippen LogP contribution in [0.25, 0.3) is 5.69 Å². The molecule has 2 aromatic heterocycles. The first kappa shape index (κ1) is 17.5. The molecule has 0 aliphatic heterocycles. The van der Waals surface area contributed by atoms with Crippen molar-refractivity contribution in [1.82, 2.24) is 14.8 Å². The van der Waals surface area contributed by atoms with Crippen molar-refractivity contribution in [1.29, 1.82) is 0 Å². The number of aromatic nitrogens is 3. The molecule has 8 heteroatoms. The zero-order chi connectivity index (χ0) is 19.6. The number of hydrogen-bond acceptors (Lipinski definition) is 3. The Balaban J connectivity index is 1.56. The van der Waals surface area contributed by atoms with Crippen LogP contribution in [0.15, 0.2) is 34.9 Å². The van der Waals surface area contributed by atoms with Crippen LogP contribution in [0, 0.1) is 24.5 Å². The maximum atomic E-state index is 14.4. The van der Waals surface area contributed by atoms with E-state index in [0.717, 1.165) is 30.2 Å². The highest BCUT2D eigenvalue weighted by molar-refractivity contribution is 9.10. The summed E-state index contributed by atoms with van der Waals surface area (Å²) in [7, 11) is 0. The fourth-order valence-electron chi connectivity index (χ4n) is 3.98. The molecular formula is C20H15BrF2N4O. The zero-order valence-electron chi connectivity index (χ0n) is 14.8. The largest absolute Gasteiger partial charge is 0.319 e. The van der Waals surface area contributed by atoms with Crippen molar-refractivity contribution in [3.8, 4) is 5.69 Å². The first-order chi connectivity index (χ1) is 13.4. The highest BCUT2D eigenvalue weighted by Gasteiger charge is 2.50. The number of carbonyl (C=O) groups excluding carboxylic acids is 1. The van der Waals surface area contributed by atoms with E-state index >= 15 is 0 Å². The van der Waals surface area contributed by atoms with E-state index in [-0.39, 0.29) is 23.2 Å². The molecule has 2 aliphatic rings. The number of benzene rings is 1. The highest BCUT2D eigenvalue weighted by atomic mass is 79.9. The second kappa shape index (κ2) is 6.20. The van der Waals surface area contributed by atoms with Crippen LogP contribution >= 0.6 is 15.9 Å². The van der Waals surface area contributed by atoms with E-state index in [9.17, 15) is 13.6 Å². The van der Waals surface area contributed by atoms with Gasteiger partial charge in [-0.15, -0.1) is 0 Å². The van der Waals surface area contributed by atoms with E-state index in [1.165, 1.54) is 16.8 Å². The summed E-state index contributed by atoms with van der Waals surface area (Å²) in [6.45, 7) is 1.80. The lowest BCUT2D eigenvalue weighted by Gasteiger charge is -2.08. The minimum Gasteiger partial charge on any atom is -0.319 e. The predicted octanol–water partition coefficient (Wildman–Crippen LogP) is 4.53. The van der Waals surface area contributed by atoms with Crippen molar-refractivity contribution >= 4 is 27.5 Å². The third kappa shape index (κ3) is 2.74. The molecule has 142 valence electrons. The van der Waals surface area contributed by atoms with Crippen molar-refractivity contribution in [3.05, 3.63) is 69.2 Å². The summed E-state index contributed by atoms with van der Waals surface area (Å²) in [5, 5.41) is 7.28. The first-order valence-corrected chi connectivity index (χ1v) is 9.73. The molecule has 2 atom stereocenters. The van der Waals surface area contributed by atoms with Gasteiger partial charge in [0, 0.05) is 17.5 Å². The van der Waals surface area contributed by atoms with Crippen LogP contribution in [0.5, 0.6) is 0 Å². The van der Waals surface area contributed by atoms with E-state index in [4.69, 9.17) is 0 Å². The van der Waals surface area contributed by atoms with Crippen LogP contribution in [-0.2, 0) is 6.42 Å². The molecule has 2 aliphatic carbocycles. The number of anilines is 1. The van der Waals surface area contributed by atoms with Gasteiger partial charge in [-0.05, 0) is 65.9 Å². The van der Waals surface area contributed by atoms with Crippen LogP contribution in [0.2, 0.25) is 0 Å². The maximum Gasteiger partial charge on any atom is 0.276 e. The number of carbonyl (C=O) groups is 1. The Morgan fingerprint density at radius 2 is 2.11 bits per heavy atom. The third-order valence-electron chi connectivity index (χ3n) is 5.42. The standard InChI is InChI=1S/C20H15BrF2N4O/c1-9-15(3-5-17(21)24-9)25-20(28)18-13-7-10-6-12(10)19(13)27(26-18)16-4-2-11(22)8-14(16)23/h2-5,8,10,12H,6-7H2,1H3,(H,25,28)/t10-,12-/m1/s1. The second-order valence-corrected chi connectivity index (χ2v) is 8.06. The SMILES string of the molecule is Cc1nc(Br)ccc1NC(=O)c1nn(-c2ccc(F)cc2F)c2c1C[C@H]1C[C@@H]21. The van der Waals surface area contributed by atoms with Crippen LogP contribution in [0.3, 0.4) is 0 Å². The van der Waals surface area contributed by atoms with Gasteiger partial charge >= 0.3 is 0 Å². The van der Waals surface area contributed by atoms with Crippen molar-refractivity contribution in [2.24, 2.45) is 5.92 Å². The van der Waals surface area contributed by atoms with E-state index in [2.05, 4.69) is 31.3 Å². The van der Waals surface area contributed by atoms with E-state index in [1.54, 1.807) is 19.1 Å². The molecule has 1 saturated carbocycles. The normalized spacial score (nSPS) is 19.3. The summed E-state index contributed by atoms with van der Waals surface area (Å²) in [5.74, 6) is -0.944. The summed E-state index contributed by atoms with van der Waals surface area (Å²) in [4.78, 5) is 17.2. The molecule has 1 N–H and O–H groups in total. The third-order valence-corrected chi connectivity index (χ3v) is 5.86. The average Bonchev–Trinajstić information content (AvgIpc) is 3.14. The van der Waals surface area contributed by atoms with Gasteiger partial charge in [-0.25, -0.2) is 18.4 Å². The Hall–Kier alpha value is -2.61. The minimum atomic E-state index is -0.700. The molecule has 0 bridgehead atoms. The van der Waals surface area contributed by atoms with Gasteiger partial charge in [0.1, 0.15) is 16.1 Å². The summed E-state index contributed by atoms with van der Waals surface area (Å²) in [5.41, 5.74) is 3.43. The molecule has 5 rings (SSSR count). The van der Waals surface area contributed by atoms with Gasteiger partial charge in [-0.2, -0.15) is 5.10 Å². The lowest BCUT2D eigenvalue weighted by atomic mass is 10.1. The Bertz CT molecular complexity index is 1140. The molecule has 0 radical (unpaired) electrons. The molecule has 0 unspecified atom stereocenters. The Morgan fingerprint density at radius 3 is 2.86 bits per heavy atom. The predicted molar refractivity (Wildman–Crippen MR) is 103 cm³/mol. The number of halogens is 3. The van der Waals surface area contributed by atoms with Crippen LogP contribution in [0.4, 0.5) is 14.5 Å². The Labute approximate surface area is 167 Å². The van der Waals surface area contributed by atoms with Gasteiger partial charge in [-0.1, -0.05) is 0 Å². The molecule has 1 amide bonds. The van der Waals surface area contributed by atoms with Gasteiger partial charge < -0.3 is 5.32 Å². The van der Waals surface area contributed by atoms with Crippen molar-refractivity contribution in [2.45, 2.75) is 25.7 Å². The van der Waals surface area contributed by atoms with Gasteiger partial charge in [0.15, 0.2) is 11.5 Å². The van der Waals surface area contributed by atoms with E-state index in [1.807, 2.05) is 0 Å². The van der Waals surface area contributed by atoms with Crippen LogP contribution in [0.1, 0.15) is 39.8 Å². The van der Waals surface area contributed by atoms with Crippen molar-refractivity contribution in [3.63, 3.8) is 0 Å². The van der Waals surface area contributed by atoms with Crippen LogP contribution in [-0.4, -0.2) is 20.7 Å². The van der Waals surface area contributed by atoms with Gasteiger partial charge in [-0.3, -0.25) is 4.79 Å². The Kier molecular flexibility index (Phi) is 3.87. The number of rotatable bonds is 3. The van der Waals surface area contributed by atoms with Crippen LogP contribution < -0.4 is 5.32 Å². The van der Waals surface area contributed by atoms with Crippen molar-refractivity contribution < 1.29 is 13.6 Å². The summed E-state index contributed by atoms with van der Waals surface area (Å²) >= 11 is 3.30. The minimum absolute atomic E-state index is 0.158. The summed E-state index contributed by atoms with van der Waals surface area (Å²) < 4.78 is 29.9. The van der Waals surface area contributed by atoms with E-state index < -0.39 is 11.6 Å². The molecule has 3 aromatic rings. The molecule has 0 spiro atoms. The number of pyridine rings is 1. The lowest BCUT2D eigenvalue weighted by molar-refractivity contribution is 0.102. The topological polar surface area (TPSA) is 59.8 Å². The smallest absolute Gasteiger partial charge is 0.276 e. The fourth-order valence-corrected chi connectivity index (χ4v) is 4.38. The first-order valence-electron chi connectivity index (χ1n) is 8.94. The number of amides is 1. The van der Waals surface area contributed by atoms with Crippen molar-refractivity contribution in [2.75, 3.05) is 5.32 Å². The molecule has 0 saturated heterocycles. The molecule has 28 heavy (non-hydrogen) atoms. The number of nitrogens with zero attached hydrogens (tertiary/aromatic N) is 3. The van der Waals surface area contributed by atoms with E-state index in [0.29, 0.717) is 21.9 Å². The Morgan fingerprint density at radius 1 is 1.29 bits per heavy atom. The van der Waals surface area contributed by atoms with Gasteiger partial charge in [0.25, 0.3) is 5.91 Å². The molecule has 2 heterocycles. The lowest BCUT2D eigenvalue weighted by Crippen LogP contribution is -2.16. The zero-order valence-corrected chi connectivity index (χ0v) is 16.4. The number of fused-ring (bicyclic) bond motifs is 3. The fraction of sp³-hybridized carbons (Fsp3) is 0.250. The quantitative estimate of drug-likeness (QED) is 0.603. The average molecular weight is 445 g/mol. The molecular weight excluding hydrogens is 430 g/mol. The van der Waals surface area contributed by atoms with Gasteiger partial charge in [0.2, 0.25) is 0 Å². The number of nitrogens with one attached hydrogen (secondary N) is 1. The van der Waals surface area contributed by atoms with Gasteiger partial charge in [0.05, 0.1) is 17.1 Å². The summed E-state index contributed by atoms with van der Waals surface area (Å²) in [6.07, 6.45) is 1.77. The summed E-state index contributed by atoms with van der Waals surface area (Å²) in [6, 6.07) is 6.90. The molecule has 5 nitrogen and oxygen atoms in total.